The molecule has 4 nitrogen and oxygen atoms in total. The van der Waals surface area contributed by atoms with Crippen molar-refractivity contribution in [3.8, 4) is 5.69 Å². The van der Waals surface area contributed by atoms with E-state index in [0.29, 0.717) is 5.69 Å². The molecule has 108 valence electrons. The fraction of sp³-hybridized carbons (Fsp3) is 0.176. The number of nitrogens with two attached hydrogens (primary N) is 1. The number of hydrogen-bond donors (Lipinski definition) is 1. The highest BCUT2D eigenvalue weighted by Gasteiger charge is 2.14. The highest BCUT2D eigenvalue weighted by molar-refractivity contribution is 6.04. The SMILES string of the molecule is CC.Cc1cccc(-n2nc(C(N)=O)c3ccccc32)c1. The average Bonchev–Trinajstić information content (AvgIpc) is 2.89. The molecule has 3 aromatic rings. The van der Waals surface area contributed by atoms with Gasteiger partial charge in [-0.1, -0.05) is 44.2 Å². The predicted molar refractivity (Wildman–Crippen MR) is 85.7 cm³/mol. The van der Waals surface area contributed by atoms with Crippen LogP contribution in [0.3, 0.4) is 0 Å². The highest BCUT2D eigenvalue weighted by atomic mass is 16.1. The third-order valence-electron chi connectivity index (χ3n) is 3.07. The molecule has 0 bridgehead atoms. The number of carbonyl (C=O) groups excluding carboxylic acids is 1. The van der Waals surface area contributed by atoms with Gasteiger partial charge in [0.05, 0.1) is 11.2 Å². The van der Waals surface area contributed by atoms with Gasteiger partial charge in [-0.05, 0) is 30.7 Å². The average molecular weight is 281 g/mol. The number of amides is 1. The third-order valence-corrected chi connectivity index (χ3v) is 3.07. The minimum atomic E-state index is -0.511. The van der Waals surface area contributed by atoms with E-state index in [0.717, 1.165) is 22.2 Å². The summed E-state index contributed by atoms with van der Waals surface area (Å²) < 4.78 is 1.75. The van der Waals surface area contributed by atoms with Crippen LogP contribution in [0, 0.1) is 6.92 Å². The molecule has 0 unspecified atom stereocenters. The van der Waals surface area contributed by atoms with Crippen LogP contribution in [0.15, 0.2) is 48.5 Å². The van der Waals surface area contributed by atoms with Crippen molar-refractivity contribution in [3.63, 3.8) is 0 Å². The van der Waals surface area contributed by atoms with Gasteiger partial charge < -0.3 is 5.73 Å². The van der Waals surface area contributed by atoms with E-state index in [-0.39, 0.29) is 0 Å². The monoisotopic (exact) mass is 281 g/mol. The Morgan fingerprint density at radius 3 is 2.48 bits per heavy atom. The molecule has 0 saturated carbocycles. The molecule has 0 spiro atoms. The molecule has 1 aromatic heterocycles. The summed E-state index contributed by atoms with van der Waals surface area (Å²) in [5.41, 5.74) is 8.62. The lowest BCUT2D eigenvalue weighted by Crippen LogP contribution is -2.12. The standard InChI is InChI=1S/C15H13N3O.C2H6/c1-10-5-4-6-11(9-10)18-13-8-3-2-7-12(13)14(17-18)15(16)19;1-2/h2-9H,1H3,(H2,16,19);1-2H3. The van der Waals surface area contributed by atoms with Gasteiger partial charge in [-0.15, -0.1) is 0 Å². The first-order valence-corrected chi connectivity index (χ1v) is 7.01. The Labute approximate surface area is 124 Å². The van der Waals surface area contributed by atoms with Crippen molar-refractivity contribution in [2.24, 2.45) is 5.73 Å². The zero-order valence-corrected chi connectivity index (χ0v) is 12.5. The number of benzene rings is 2. The molecule has 4 heteroatoms. The zero-order chi connectivity index (χ0) is 15.4. The molecule has 0 aliphatic heterocycles. The molecule has 0 atom stereocenters. The molecule has 0 aliphatic rings. The minimum absolute atomic E-state index is 0.303. The number of primary amides is 1. The summed E-state index contributed by atoms with van der Waals surface area (Å²) in [7, 11) is 0. The largest absolute Gasteiger partial charge is 0.364 e. The van der Waals surface area contributed by atoms with Crippen LogP contribution in [0.2, 0.25) is 0 Å². The van der Waals surface area contributed by atoms with E-state index in [4.69, 9.17) is 5.73 Å². The Morgan fingerprint density at radius 1 is 1.10 bits per heavy atom. The van der Waals surface area contributed by atoms with Crippen LogP contribution in [0.5, 0.6) is 0 Å². The predicted octanol–water partition coefficient (Wildman–Crippen LogP) is 3.46. The summed E-state index contributed by atoms with van der Waals surface area (Å²) >= 11 is 0. The summed E-state index contributed by atoms with van der Waals surface area (Å²) in [6.07, 6.45) is 0. The quantitative estimate of drug-likeness (QED) is 0.782. The number of hydrogen-bond acceptors (Lipinski definition) is 2. The molecule has 3 rings (SSSR count). The smallest absolute Gasteiger partial charge is 0.269 e. The Balaban J connectivity index is 0.000000774. The molecule has 0 fully saturated rings. The Kier molecular flexibility index (Phi) is 4.38. The number of fused-ring (bicyclic) bond motifs is 1. The summed E-state index contributed by atoms with van der Waals surface area (Å²) in [5.74, 6) is -0.511. The van der Waals surface area contributed by atoms with Gasteiger partial charge >= 0.3 is 0 Å². The molecule has 2 aromatic carbocycles. The van der Waals surface area contributed by atoms with E-state index in [9.17, 15) is 4.79 Å². The third kappa shape index (κ3) is 2.79. The molecule has 2 N–H and O–H groups in total. The van der Waals surface area contributed by atoms with E-state index >= 15 is 0 Å². The van der Waals surface area contributed by atoms with Crippen molar-refractivity contribution < 1.29 is 4.79 Å². The normalized spacial score (nSPS) is 10.0. The molecule has 1 heterocycles. The summed E-state index contributed by atoms with van der Waals surface area (Å²) in [4.78, 5) is 11.5. The summed E-state index contributed by atoms with van der Waals surface area (Å²) in [6.45, 7) is 6.02. The van der Waals surface area contributed by atoms with Gasteiger partial charge in [0.25, 0.3) is 5.91 Å². The van der Waals surface area contributed by atoms with Gasteiger partial charge in [-0.2, -0.15) is 5.10 Å². The van der Waals surface area contributed by atoms with Crippen LogP contribution >= 0.6 is 0 Å². The molecule has 21 heavy (non-hydrogen) atoms. The van der Waals surface area contributed by atoms with Crippen LogP contribution in [0.4, 0.5) is 0 Å². The van der Waals surface area contributed by atoms with E-state index in [2.05, 4.69) is 5.10 Å². The lowest BCUT2D eigenvalue weighted by atomic mass is 10.2. The zero-order valence-electron chi connectivity index (χ0n) is 12.5. The Bertz CT molecular complexity index is 775. The second-order valence-electron chi connectivity index (χ2n) is 4.48. The first-order valence-electron chi connectivity index (χ1n) is 7.01. The van der Waals surface area contributed by atoms with Gasteiger partial charge in [0.1, 0.15) is 0 Å². The van der Waals surface area contributed by atoms with Crippen molar-refractivity contribution in [1.29, 1.82) is 0 Å². The number of rotatable bonds is 2. The van der Waals surface area contributed by atoms with E-state index in [1.807, 2.05) is 69.3 Å². The van der Waals surface area contributed by atoms with Crippen LogP contribution in [0.1, 0.15) is 29.9 Å². The van der Waals surface area contributed by atoms with Crippen LogP contribution in [-0.2, 0) is 0 Å². The first kappa shape index (κ1) is 14.8. The Morgan fingerprint density at radius 2 is 1.81 bits per heavy atom. The topological polar surface area (TPSA) is 60.9 Å². The lowest BCUT2D eigenvalue weighted by Gasteiger charge is -2.04. The highest BCUT2D eigenvalue weighted by Crippen LogP contribution is 2.22. The summed E-state index contributed by atoms with van der Waals surface area (Å²) in [5, 5.41) is 5.12. The number of carbonyl (C=O) groups is 1. The number of nitrogens with zero attached hydrogens (tertiary/aromatic N) is 2. The van der Waals surface area contributed by atoms with Crippen LogP contribution in [0.25, 0.3) is 16.6 Å². The molecular weight excluding hydrogens is 262 g/mol. The van der Waals surface area contributed by atoms with Gasteiger partial charge in [0.15, 0.2) is 5.69 Å². The maximum Gasteiger partial charge on any atom is 0.269 e. The molecular formula is C17H19N3O. The van der Waals surface area contributed by atoms with E-state index in [1.54, 1.807) is 4.68 Å². The first-order chi connectivity index (χ1) is 10.2. The second-order valence-corrected chi connectivity index (χ2v) is 4.48. The van der Waals surface area contributed by atoms with E-state index < -0.39 is 5.91 Å². The summed E-state index contributed by atoms with van der Waals surface area (Å²) in [6, 6.07) is 15.5. The van der Waals surface area contributed by atoms with Crippen molar-refractivity contribution in [2.45, 2.75) is 20.8 Å². The fourth-order valence-corrected chi connectivity index (χ4v) is 2.20. The van der Waals surface area contributed by atoms with Crippen molar-refractivity contribution in [2.75, 3.05) is 0 Å². The molecule has 0 saturated heterocycles. The fourth-order valence-electron chi connectivity index (χ4n) is 2.20. The van der Waals surface area contributed by atoms with Gasteiger partial charge in [0.2, 0.25) is 0 Å². The van der Waals surface area contributed by atoms with Gasteiger partial charge in [-0.3, -0.25) is 4.79 Å². The Hall–Kier alpha value is -2.62. The minimum Gasteiger partial charge on any atom is -0.364 e. The lowest BCUT2D eigenvalue weighted by molar-refractivity contribution is 0.0996. The molecule has 1 amide bonds. The van der Waals surface area contributed by atoms with Crippen molar-refractivity contribution in [1.82, 2.24) is 9.78 Å². The van der Waals surface area contributed by atoms with Gasteiger partial charge in [-0.25, -0.2) is 4.68 Å². The number of para-hydroxylation sites is 1. The number of aromatic nitrogens is 2. The second kappa shape index (κ2) is 6.22. The molecule has 0 aliphatic carbocycles. The van der Waals surface area contributed by atoms with Crippen molar-refractivity contribution in [3.05, 3.63) is 59.8 Å². The molecule has 0 radical (unpaired) electrons. The van der Waals surface area contributed by atoms with Crippen molar-refractivity contribution >= 4 is 16.8 Å². The van der Waals surface area contributed by atoms with Gasteiger partial charge in [0, 0.05) is 5.39 Å². The maximum absolute atomic E-state index is 11.5. The maximum atomic E-state index is 11.5. The number of aryl methyl sites for hydroxylation is 1. The van der Waals surface area contributed by atoms with Crippen LogP contribution in [-0.4, -0.2) is 15.7 Å². The van der Waals surface area contributed by atoms with Crippen LogP contribution < -0.4 is 5.73 Å². The van der Waals surface area contributed by atoms with E-state index in [1.165, 1.54) is 0 Å².